The van der Waals surface area contributed by atoms with Gasteiger partial charge >= 0.3 is 31.7 Å². The van der Waals surface area contributed by atoms with Crippen molar-refractivity contribution in [3.05, 3.63) is 29.8 Å². The lowest BCUT2D eigenvalue weighted by Gasteiger charge is -2.43. The third-order valence-electron chi connectivity index (χ3n) is 4.74. The van der Waals surface area contributed by atoms with Crippen LogP contribution in [0, 0.1) is 0 Å². The van der Waals surface area contributed by atoms with Crippen molar-refractivity contribution in [1.29, 1.82) is 0 Å². The van der Waals surface area contributed by atoms with E-state index in [2.05, 4.69) is 0 Å². The van der Waals surface area contributed by atoms with E-state index in [0.29, 0.717) is 11.3 Å². The number of hydrogen-bond acceptors (Lipinski definition) is 13. The lowest BCUT2D eigenvalue weighted by molar-refractivity contribution is -0.299. The number of carbonyl (C=O) groups is 4. The SMILES string of the molecule is CC(=O)OC1O[C@H](COP2(=O)OCc3ccccc3O2)[C@@H](OC(C)=O)[C@@H](OC(C)=O)[C@H]1OC(C)=O. The topological polar surface area (TPSA) is 159 Å². The number of carbonyl (C=O) groups excluding carboxylic acids is 4. The molecule has 0 N–H and O–H groups in total. The van der Waals surface area contributed by atoms with E-state index < -0.39 is 69.0 Å². The first-order chi connectivity index (χ1) is 16.5. The maximum Gasteiger partial charge on any atom is 0.530 e. The molecule has 0 radical (unpaired) electrons. The molecule has 13 nitrogen and oxygen atoms in total. The summed E-state index contributed by atoms with van der Waals surface area (Å²) >= 11 is 0. The minimum absolute atomic E-state index is 0.0486. The van der Waals surface area contributed by atoms with Crippen molar-refractivity contribution >= 4 is 31.7 Å². The van der Waals surface area contributed by atoms with Gasteiger partial charge in [0.15, 0.2) is 12.2 Å². The summed E-state index contributed by atoms with van der Waals surface area (Å²) < 4.78 is 55.6. The zero-order valence-corrected chi connectivity index (χ0v) is 20.3. The fraction of sp³-hybridized carbons (Fsp3) is 0.524. The molecule has 2 aliphatic heterocycles. The van der Waals surface area contributed by atoms with E-state index in [4.69, 9.17) is 37.3 Å². The number of phosphoric ester groups is 1. The summed E-state index contributed by atoms with van der Waals surface area (Å²) in [6.45, 7) is 3.71. The Morgan fingerprint density at radius 2 is 1.43 bits per heavy atom. The molecule has 0 spiro atoms. The van der Waals surface area contributed by atoms with Crippen LogP contribution in [0.15, 0.2) is 24.3 Å². The van der Waals surface area contributed by atoms with Crippen molar-refractivity contribution in [2.75, 3.05) is 6.61 Å². The highest BCUT2D eigenvalue weighted by molar-refractivity contribution is 7.49. The van der Waals surface area contributed by atoms with Gasteiger partial charge in [0.05, 0.1) is 13.2 Å². The smallest absolute Gasteiger partial charge is 0.456 e. The molecule has 1 aromatic rings. The molecule has 0 aromatic heterocycles. The van der Waals surface area contributed by atoms with Crippen LogP contribution in [0.1, 0.15) is 33.3 Å². The summed E-state index contributed by atoms with van der Waals surface area (Å²) in [5.41, 5.74) is 0.656. The highest BCUT2D eigenvalue weighted by atomic mass is 31.2. The van der Waals surface area contributed by atoms with Gasteiger partial charge in [-0.1, -0.05) is 18.2 Å². The second kappa shape index (κ2) is 11.2. The van der Waals surface area contributed by atoms with Crippen LogP contribution in [0.3, 0.4) is 0 Å². The van der Waals surface area contributed by atoms with Crippen molar-refractivity contribution in [2.45, 2.75) is 65.0 Å². The van der Waals surface area contributed by atoms with E-state index >= 15 is 0 Å². The first kappa shape index (κ1) is 26.6. The number of fused-ring (bicyclic) bond motifs is 1. The lowest BCUT2D eigenvalue weighted by Crippen LogP contribution is -2.63. The molecule has 1 fully saturated rings. The predicted molar refractivity (Wildman–Crippen MR) is 113 cm³/mol. The zero-order valence-electron chi connectivity index (χ0n) is 19.4. The maximum atomic E-state index is 13.0. The highest BCUT2D eigenvalue weighted by Gasteiger charge is 2.54. The Kier molecular flexibility index (Phi) is 8.49. The minimum Gasteiger partial charge on any atom is -0.456 e. The molecule has 1 aromatic carbocycles. The Morgan fingerprint density at radius 3 is 2.06 bits per heavy atom. The summed E-state index contributed by atoms with van der Waals surface area (Å²) in [6.07, 6.45) is -7.23. The number of hydrogen-bond donors (Lipinski definition) is 0. The van der Waals surface area contributed by atoms with E-state index in [0.717, 1.165) is 27.7 Å². The van der Waals surface area contributed by atoms with Gasteiger partial charge in [0.1, 0.15) is 11.9 Å². The Bertz CT molecular complexity index is 1020. The highest BCUT2D eigenvalue weighted by Crippen LogP contribution is 2.54. The van der Waals surface area contributed by atoms with Gasteiger partial charge in [0, 0.05) is 33.3 Å². The molecule has 3 rings (SSSR count). The van der Waals surface area contributed by atoms with Crippen LogP contribution < -0.4 is 4.52 Å². The molecule has 2 heterocycles. The average molecular weight is 516 g/mol. The Morgan fingerprint density at radius 1 is 0.857 bits per heavy atom. The van der Waals surface area contributed by atoms with Gasteiger partial charge in [-0.2, -0.15) is 0 Å². The van der Waals surface area contributed by atoms with Crippen LogP contribution in [0.4, 0.5) is 0 Å². The molecular formula is C21H25O13P. The zero-order chi connectivity index (χ0) is 25.8. The molecule has 0 amide bonds. The number of esters is 4. The molecule has 2 unspecified atom stereocenters. The predicted octanol–water partition coefficient (Wildman–Crippen LogP) is 1.80. The monoisotopic (exact) mass is 516 g/mol. The van der Waals surface area contributed by atoms with Crippen molar-refractivity contribution in [3.63, 3.8) is 0 Å². The van der Waals surface area contributed by atoms with E-state index in [-0.39, 0.29) is 6.61 Å². The van der Waals surface area contributed by atoms with Crippen LogP contribution in [-0.4, -0.2) is 61.2 Å². The quantitative estimate of drug-likeness (QED) is 0.294. The molecule has 35 heavy (non-hydrogen) atoms. The fourth-order valence-corrected chi connectivity index (χ4v) is 4.71. The number of phosphoric acid groups is 1. The van der Waals surface area contributed by atoms with Crippen LogP contribution in [-0.2, 0) is 63.1 Å². The minimum atomic E-state index is -4.13. The molecule has 0 aliphatic carbocycles. The Labute approximate surface area is 200 Å². The van der Waals surface area contributed by atoms with Gasteiger partial charge in [-0.25, -0.2) is 4.57 Å². The summed E-state index contributed by atoms with van der Waals surface area (Å²) in [5, 5.41) is 0. The molecule has 192 valence electrons. The second-order valence-corrected chi connectivity index (χ2v) is 9.18. The van der Waals surface area contributed by atoms with Crippen molar-refractivity contribution in [3.8, 4) is 5.75 Å². The second-order valence-electron chi connectivity index (χ2n) is 7.59. The molecule has 0 saturated carbocycles. The summed E-state index contributed by atoms with van der Waals surface area (Å²) in [4.78, 5) is 47.0. The summed E-state index contributed by atoms with van der Waals surface area (Å²) in [7, 11) is -4.13. The molecule has 1 saturated heterocycles. The third kappa shape index (κ3) is 7.01. The maximum absolute atomic E-state index is 13.0. The van der Waals surface area contributed by atoms with Gasteiger partial charge in [-0.05, 0) is 6.07 Å². The van der Waals surface area contributed by atoms with Crippen molar-refractivity contribution in [2.24, 2.45) is 0 Å². The number of benzene rings is 1. The number of rotatable bonds is 7. The average Bonchev–Trinajstić information content (AvgIpc) is 2.75. The molecule has 0 bridgehead atoms. The Hall–Kier alpha value is -2.99. The lowest BCUT2D eigenvalue weighted by atomic mass is 9.98. The van der Waals surface area contributed by atoms with Gasteiger partial charge in [-0.3, -0.25) is 28.2 Å². The van der Waals surface area contributed by atoms with Crippen LogP contribution in [0.5, 0.6) is 5.75 Å². The third-order valence-corrected chi connectivity index (χ3v) is 6.07. The van der Waals surface area contributed by atoms with Crippen LogP contribution in [0.2, 0.25) is 0 Å². The van der Waals surface area contributed by atoms with Crippen molar-refractivity contribution < 1.29 is 61.0 Å². The fourth-order valence-electron chi connectivity index (χ4n) is 3.48. The normalized spacial score (nSPS) is 29.7. The van der Waals surface area contributed by atoms with Crippen molar-refractivity contribution in [1.82, 2.24) is 0 Å². The van der Waals surface area contributed by atoms with E-state index in [9.17, 15) is 23.7 Å². The molecular weight excluding hydrogens is 491 g/mol. The van der Waals surface area contributed by atoms with Crippen LogP contribution >= 0.6 is 7.82 Å². The number of ether oxygens (including phenoxy) is 5. The van der Waals surface area contributed by atoms with Gasteiger partial charge in [0.2, 0.25) is 12.4 Å². The summed E-state index contributed by atoms with van der Waals surface area (Å²) in [5.74, 6) is -2.91. The molecule has 6 atom stereocenters. The molecule has 2 aliphatic rings. The van der Waals surface area contributed by atoms with Gasteiger partial charge < -0.3 is 28.2 Å². The number of para-hydroxylation sites is 1. The summed E-state index contributed by atoms with van der Waals surface area (Å²) in [6, 6.07) is 6.75. The van der Waals surface area contributed by atoms with E-state index in [1.165, 1.54) is 0 Å². The van der Waals surface area contributed by atoms with Gasteiger partial charge in [0.25, 0.3) is 0 Å². The van der Waals surface area contributed by atoms with E-state index in [1.807, 2.05) is 0 Å². The van der Waals surface area contributed by atoms with Gasteiger partial charge in [-0.15, -0.1) is 0 Å². The van der Waals surface area contributed by atoms with Crippen LogP contribution in [0.25, 0.3) is 0 Å². The largest absolute Gasteiger partial charge is 0.530 e. The Balaban J connectivity index is 1.87. The molecule has 14 heteroatoms. The van der Waals surface area contributed by atoms with E-state index in [1.54, 1.807) is 24.3 Å². The first-order valence-electron chi connectivity index (χ1n) is 10.5. The first-order valence-corrected chi connectivity index (χ1v) is 11.9. The standard InChI is InChI=1S/C21H25O13P/c1-11(22)29-18-17(10-28-35(26)27-9-15-7-5-6-8-16(15)34-35)33-21(32-14(4)25)20(31-13(3)24)19(18)30-12(2)23/h5-8,17-21H,9-10H2,1-4H3/t17-,18-,19-,20-,21?,35?/m1/s1.